The number of hydrogen-bond donors (Lipinski definition) is 2. The number of hydrogen-bond acceptors (Lipinski definition) is 3. The van der Waals surface area contributed by atoms with E-state index in [9.17, 15) is 35.9 Å². The maximum absolute atomic E-state index is 12.8. The number of carbonyl (C=O) groups excluding carboxylic acids is 1. The normalized spacial score (nSPS) is 13.0. The van der Waals surface area contributed by atoms with E-state index in [0.29, 0.717) is 12.1 Å². The molecule has 0 fully saturated rings. The Labute approximate surface area is 143 Å². The van der Waals surface area contributed by atoms with Crippen molar-refractivity contribution in [3.8, 4) is 6.07 Å². The molecule has 5 nitrogen and oxygen atoms in total. The van der Waals surface area contributed by atoms with Crippen molar-refractivity contribution in [3.63, 3.8) is 0 Å². The SMILES string of the molecule is N#CCC[C@H](NC(=O)Cc1cc(C(F)(F)F)cc(C(F)(F)F)c1)C(=O)O. The third kappa shape index (κ3) is 6.27. The molecule has 2 N–H and O–H groups in total. The summed E-state index contributed by atoms with van der Waals surface area (Å²) >= 11 is 0. The van der Waals surface area contributed by atoms with Crippen LogP contribution in [0.5, 0.6) is 0 Å². The molecule has 0 aliphatic carbocycles. The van der Waals surface area contributed by atoms with Gasteiger partial charge in [-0.2, -0.15) is 31.6 Å². The van der Waals surface area contributed by atoms with Gasteiger partial charge in [-0.25, -0.2) is 4.79 Å². The number of amides is 1. The number of aliphatic carboxylic acids is 1. The summed E-state index contributed by atoms with van der Waals surface area (Å²) in [4.78, 5) is 22.7. The van der Waals surface area contributed by atoms with E-state index in [1.165, 1.54) is 0 Å². The Hall–Kier alpha value is -2.77. The predicted molar refractivity (Wildman–Crippen MR) is 74.6 cm³/mol. The van der Waals surface area contributed by atoms with Crippen molar-refractivity contribution in [2.75, 3.05) is 0 Å². The van der Waals surface area contributed by atoms with Crippen LogP contribution in [0.15, 0.2) is 18.2 Å². The van der Waals surface area contributed by atoms with Gasteiger partial charge in [0.15, 0.2) is 0 Å². The second-order valence-corrected chi connectivity index (χ2v) is 5.25. The second-order valence-electron chi connectivity index (χ2n) is 5.25. The Morgan fingerprint density at radius 3 is 1.96 bits per heavy atom. The van der Waals surface area contributed by atoms with Gasteiger partial charge in [0.25, 0.3) is 0 Å². The first-order chi connectivity index (χ1) is 11.8. The molecule has 0 spiro atoms. The van der Waals surface area contributed by atoms with Gasteiger partial charge in [-0.05, 0) is 30.2 Å². The van der Waals surface area contributed by atoms with E-state index >= 15 is 0 Å². The third-order valence-electron chi connectivity index (χ3n) is 3.19. The number of nitriles is 1. The fourth-order valence-electron chi connectivity index (χ4n) is 2.02. The number of carboxylic acids is 1. The summed E-state index contributed by atoms with van der Waals surface area (Å²) in [6.07, 6.45) is -11.5. The lowest BCUT2D eigenvalue weighted by Gasteiger charge is -2.16. The quantitative estimate of drug-likeness (QED) is 0.740. The molecule has 1 atom stereocenters. The van der Waals surface area contributed by atoms with E-state index in [0.717, 1.165) is 0 Å². The molecule has 26 heavy (non-hydrogen) atoms. The number of halogens is 6. The van der Waals surface area contributed by atoms with Crippen LogP contribution >= 0.6 is 0 Å². The van der Waals surface area contributed by atoms with Gasteiger partial charge in [-0.3, -0.25) is 4.79 Å². The minimum absolute atomic E-state index is 0.0750. The summed E-state index contributed by atoms with van der Waals surface area (Å²) in [5.74, 6) is -2.56. The van der Waals surface area contributed by atoms with Gasteiger partial charge < -0.3 is 10.4 Å². The highest BCUT2D eigenvalue weighted by Crippen LogP contribution is 2.36. The van der Waals surface area contributed by atoms with Crippen molar-refractivity contribution in [1.29, 1.82) is 5.26 Å². The highest BCUT2D eigenvalue weighted by molar-refractivity contribution is 5.84. The molecule has 0 bridgehead atoms. The Morgan fingerprint density at radius 1 is 1.08 bits per heavy atom. The largest absolute Gasteiger partial charge is 0.480 e. The maximum atomic E-state index is 12.8. The van der Waals surface area contributed by atoms with E-state index < -0.39 is 53.4 Å². The Bertz CT molecular complexity index is 689. The molecule has 0 saturated heterocycles. The average molecular weight is 382 g/mol. The smallest absolute Gasteiger partial charge is 0.416 e. The van der Waals surface area contributed by atoms with Crippen LogP contribution in [-0.4, -0.2) is 23.0 Å². The second kappa shape index (κ2) is 8.07. The number of benzene rings is 1. The highest BCUT2D eigenvalue weighted by Gasteiger charge is 2.37. The van der Waals surface area contributed by atoms with Gasteiger partial charge in [0.05, 0.1) is 23.6 Å². The minimum Gasteiger partial charge on any atom is -0.480 e. The molecule has 1 amide bonds. The first-order valence-electron chi connectivity index (χ1n) is 7.02. The zero-order valence-electron chi connectivity index (χ0n) is 12.9. The van der Waals surface area contributed by atoms with Crippen molar-refractivity contribution in [1.82, 2.24) is 5.32 Å². The molecule has 142 valence electrons. The lowest BCUT2D eigenvalue weighted by molar-refractivity contribution is -0.143. The summed E-state index contributed by atoms with van der Waals surface area (Å²) in [6.45, 7) is 0. The Balaban J connectivity index is 3.06. The molecular formula is C15H12F6N2O3. The van der Waals surface area contributed by atoms with E-state index in [-0.39, 0.29) is 18.9 Å². The third-order valence-corrected chi connectivity index (χ3v) is 3.19. The fraction of sp³-hybridized carbons (Fsp3) is 0.400. The first-order valence-corrected chi connectivity index (χ1v) is 7.02. The van der Waals surface area contributed by atoms with Crippen LogP contribution in [0.25, 0.3) is 0 Å². The van der Waals surface area contributed by atoms with Crippen LogP contribution in [-0.2, 0) is 28.4 Å². The zero-order valence-corrected chi connectivity index (χ0v) is 12.9. The molecule has 11 heteroatoms. The zero-order chi connectivity index (χ0) is 20.1. The van der Waals surface area contributed by atoms with Crippen LogP contribution in [0.3, 0.4) is 0 Å². The average Bonchev–Trinajstić information content (AvgIpc) is 2.49. The summed E-state index contributed by atoms with van der Waals surface area (Å²) < 4.78 is 76.5. The molecule has 0 aliphatic rings. The molecule has 0 aromatic heterocycles. The maximum Gasteiger partial charge on any atom is 0.416 e. The standard InChI is InChI=1S/C15H12F6N2O3/c16-14(17,18)9-4-8(5-10(7-9)15(19,20)21)6-12(24)23-11(13(25)26)2-1-3-22/h4-5,7,11H,1-2,6H2,(H,23,24)(H,25,26)/t11-/m0/s1. The number of nitrogens with zero attached hydrogens (tertiary/aromatic N) is 1. The van der Waals surface area contributed by atoms with Crippen molar-refractivity contribution < 1.29 is 41.0 Å². The molecule has 1 aromatic rings. The number of nitrogens with one attached hydrogen (secondary N) is 1. The fourth-order valence-corrected chi connectivity index (χ4v) is 2.02. The molecule has 0 radical (unpaired) electrons. The molecular weight excluding hydrogens is 370 g/mol. The lowest BCUT2D eigenvalue weighted by Crippen LogP contribution is -2.41. The molecule has 0 heterocycles. The Morgan fingerprint density at radius 2 is 1.58 bits per heavy atom. The number of alkyl halides is 6. The van der Waals surface area contributed by atoms with Crippen molar-refractivity contribution in [2.45, 2.75) is 37.7 Å². The van der Waals surface area contributed by atoms with Crippen molar-refractivity contribution in [3.05, 3.63) is 34.9 Å². The van der Waals surface area contributed by atoms with Crippen LogP contribution < -0.4 is 5.32 Å². The molecule has 0 aliphatic heterocycles. The summed E-state index contributed by atoms with van der Waals surface area (Å²) in [6, 6.07) is 0.885. The van der Waals surface area contributed by atoms with Gasteiger partial charge in [-0.15, -0.1) is 0 Å². The van der Waals surface area contributed by atoms with Gasteiger partial charge in [0.1, 0.15) is 6.04 Å². The van der Waals surface area contributed by atoms with Crippen LogP contribution in [0, 0.1) is 11.3 Å². The molecule has 1 rings (SSSR count). The number of carboxylic acid groups (broad SMARTS) is 1. The predicted octanol–water partition coefficient (Wildman–Crippen LogP) is 3.14. The van der Waals surface area contributed by atoms with Crippen LogP contribution in [0.2, 0.25) is 0 Å². The van der Waals surface area contributed by atoms with E-state index in [1.807, 2.05) is 5.32 Å². The van der Waals surface area contributed by atoms with Gasteiger partial charge in [-0.1, -0.05) is 0 Å². The molecule has 1 aromatic carbocycles. The summed E-state index contributed by atoms with van der Waals surface area (Å²) in [7, 11) is 0. The van der Waals surface area contributed by atoms with Gasteiger partial charge in [0, 0.05) is 6.42 Å². The number of carbonyl (C=O) groups is 2. The molecule has 0 saturated carbocycles. The van der Waals surface area contributed by atoms with Crippen molar-refractivity contribution in [2.24, 2.45) is 0 Å². The van der Waals surface area contributed by atoms with E-state index in [1.54, 1.807) is 6.07 Å². The Kier molecular flexibility index (Phi) is 6.60. The van der Waals surface area contributed by atoms with Gasteiger partial charge >= 0.3 is 18.3 Å². The van der Waals surface area contributed by atoms with E-state index in [4.69, 9.17) is 10.4 Å². The minimum atomic E-state index is -5.05. The highest BCUT2D eigenvalue weighted by atomic mass is 19.4. The number of rotatable bonds is 6. The van der Waals surface area contributed by atoms with Gasteiger partial charge in [0.2, 0.25) is 5.91 Å². The molecule has 0 unspecified atom stereocenters. The van der Waals surface area contributed by atoms with Crippen LogP contribution in [0.4, 0.5) is 26.3 Å². The monoisotopic (exact) mass is 382 g/mol. The van der Waals surface area contributed by atoms with Crippen molar-refractivity contribution >= 4 is 11.9 Å². The topological polar surface area (TPSA) is 90.2 Å². The van der Waals surface area contributed by atoms with Crippen LogP contribution in [0.1, 0.15) is 29.5 Å². The van der Waals surface area contributed by atoms with E-state index in [2.05, 4.69) is 0 Å². The lowest BCUT2D eigenvalue weighted by atomic mass is 10.0. The first kappa shape index (κ1) is 21.3. The summed E-state index contributed by atoms with van der Waals surface area (Å²) in [5.41, 5.74) is -3.72. The summed E-state index contributed by atoms with van der Waals surface area (Å²) in [5, 5.41) is 19.3.